The molecule has 0 aliphatic carbocycles. The summed E-state index contributed by atoms with van der Waals surface area (Å²) < 4.78 is 0. The molecule has 0 saturated carbocycles. The van der Waals surface area contributed by atoms with Crippen LogP contribution in [0.15, 0.2) is 162 Å². The molecule has 5 aromatic rings. The van der Waals surface area contributed by atoms with Gasteiger partial charge in [0.2, 0.25) is 0 Å². The molecule has 6 rings (SSSR count). The average molecular weight is 510 g/mol. The summed E-state index contributed by atoms with van der Waals surface area (Å²) in [6, 6.07) is 52.0. The Morgan fingerprint density at radius 2 is 0.974 bits per heavy atom. The zero-order valence-electron chi connectivity index (χ0n) is 20.8. The topological polar surface area (TPSA) is 36.8 Å². The van der Waals surface area contributed by atoms with E-state index in [1.807, 2.05) is 42.5 Å². The maximum atomic E-state index is 5.54. The molecule has 3 nitrogen and oxygen atoms in total. The summed E-state index contributed by atoms with van der Waals surface area (Å²) in [6.07, 6.45) is 0. The summed E-state index contributed by atoms with van der Waals surface area (Å²) in [5.41, 5.74) is 4.69. The highest BCUT2D eigenvalue weighted by molar-refractivity contribution is 8.27. The third-order valence-electron chi connectivity index (χ3n) is 6.66. The van der Waals surface area contributed by atoms with Gasteiger partial charge in [0, 0.05) is 5.69 Å². The van der Waals surface area contributed by atoms with E-state index in [4.69, 9.17) is 9.98 Å². The lowest BCUT2D eigenvalue weighted by Crippen LogP contribution is -2.31. The van der Waals surface area contributed by atoms with Gasteiger partial charge in [-0.3, -0.25) is 4.99 Å². The van der Waals surface area contributed by atoms with Gasteiger partial charge in [0.1, 0.15) is 11.1 Å². The van der Waals surface area contributed by atoms with Crippen LogP contribution in [-0.4, -0.2) is 10.2 Å². The van der Waals surface area contributed by atoms with E-state index in [1.54, 1.807) is 11.8 Å². The number of amidine groups is 1. The Labute approximate surface area is 228 Å². The second-order valence-electron chi connectivity index (χ2n) is 9.11. The molecule has 0 amide bonds. The van der Waals surface area contributed by atoms with Crippen LogP contribution < -0.4 is 5.32 Å². The second-order valence-corrected chi connectivity index (χ2v) is 10.1. The molecule has 0 saturated heterocycles. The molecule has 0 aromatic heterocycles. The first kappa shape index (κ1) is 24.0. The quantitative estimate of drug-likeness (QED) is 0.250. The van der Waals surface area contributed by atoms with E-state index in [-0.39, 0.29) is 6.04 Å². The molecule has 0 bridgehead atoms. The number of benzene rings is 5. The van der Waals surface area contributed by atoms with E-state index < -0.39 is 5.54 Å². The molecule has 184 valence electrons. The number of nitrogens with zero attached hydrogens (tertiary/aromatic N) is 2. The van der Waals surface area contributed by atoms with Gasteiger partial charge in [-0.05, 0) is 46.1 Å². The molecule has 1 aliphatic rings. The summed E-state index contributed by atoms with van der Waals surface area (Å²) in [5.74, 6) is 0. The minimum absolute atomic E-state index is 0.169. The minimum atomic E-state index is -0.772. The van der Waals surface area contributed by atoms with E-state index in [9.17, 15) is 0 Å². The molecule has 0 fully saturated rings. The number of thioether (sulfide) groups is 1. The van der Waals surface area contributed by atoms with Crippen LogP contribution in [-0.2, 0) is 5.54 Å². The number of anilines is 1. The number of hydrogen-bond acceptors (Lipinski definition) is 4. The molecule has 5 aromatic carbocycles. The van der Waals surface area contributed by atoms with Crippen LogP contribution in [0.2, 0.25) is 0 Å². The van der Waals surface area contributed by atoms with Gasteiger partial charge in [-0.2, -0.15) is 0 Å². The molecule has 1 N–H and O–H groups in total. The first-order chi connectivity index (χ1) is 18.8. The van der Waals surface area contributed by atoms with E-state index >= 15 is 0 Å². The van der Waals surface area contributed by atoms with Crippen molar-refractivity contribution in [1.29, 1.82) is 0 Å². The molecular formula is C34H27N3S. The van der Waals surface area contributed by atoms with Crippen LogP contribution in [0.3, 0.4) is 0 Å². The second kappa shape index (κ2) is 10.9. The number of aliphatic imine (C=N–C) groups is 2. The summed E-state index contributed by atoms with van der Waals surface area (Å²) in [7, 11) is 0. The number of nitrogens with one attached hydrogen (secondary N) is 1. The maximum absolute atomic E-state index is 5.54. The van der Waals surface area contributed by atoms with Crippen LogP contribution in [0.25, 0.3) is 0 Å². The molecule has 0 atom stereocenters. The lowest BCUT2D eigenvalue weighted by atomic mass is 9.84. The Bertz CT molecular complexity index is 1460. The first-order valence-corrected chi connectivity index (χ1v) is 13.5. The predicted molar refractivity (Wildman–Crippen MR) is 161 cm³/mol. The van der Waals surface area contributed by atoms with Crippen LogP contribution in [0, 0.1) is 0 Å². The van der Waals surface area contributed by atoms with Crippen LogP contribution >= 0.6 is 11.8 Å². The standard InChI is InChI=1S/C34H27N3S/c1-6-16-26(17-7-1)31(27-18-8-2-9-19-27)36-32-34(28-20-10-3-11-21-28,29-22-12-4-13-23-29)37-33(38-32)35-30-24-14-5-15-25-30/h1-25,31H,(H,35,37). The van der Waals surface area contributed by atoms with Gasteiger partial charge in [-0.1, -0.05) is 140 Å². The van der Waals surface area contributed by atoms with E-state index in [0.29, 0.717) is 0 Å². The fourth-order valence-electron chi connectivity index (χ4n) is 4.84. The lowest BCUT2D eigenvalue weighted by molar-refractivity contribution is 0.734. The predicted octanol–water partition coefficient (Wildman–Crippen LogP) is 8.33. The average Bonchev–Trinajstić information content (AvgIpc) is 3.36. The van der Waals surface area contributed by atoms with Crippen LogP contribution in [0.4, 0.5) is 5.69 Å². The van der Waals surface area contributed by atoms with Crippen molar-refractivity contribution in [3.05, 3.63) is 174 Å². The summed E-state index contributed by atoms with van der Waals surface area (Å²) >= 11 is 1.61. The Morgan fingerprint density at radius 3 is 1.45 bits per heavy atom. The SMILES string of the molecule is c1ccc(NC2=NC(c3ccccc3)(c3ccccc3)C(=NC(c3ccccc3)c3ccccc3)S2)cc1. The van der Waals surface area contributed by atoms with Crippen molar-refractivity contribution in [1.82, 2.24) is 0 Å². The highest BCUT2D eigenvalue weighted by atomic mass is 32.2. The third kappa shape index (κ3) is 4.79. The Hall–Kier alpha value is -4.41. The number of rotatable bonds is 6. The summed E-state index contributed by atoms with van der Waals surface area (Å²) in [6.45, 7) is 0. The normalized spacial score (nSPS) is 15.4. The van der Waals surface area contributed by atoms with Crippen molar-refractivity contribution < 1.29 is 0 Å². The largest absolute Gasteiger partial charge is 0.335 e. The molecule has 1 heterocycles. The molecule has 4 heteroatoms. The van der Waals surface area contributed by atoms with Crippen molar-refractivity contribution in [3.63, 3.8) is 0 Å². The number of para-hydroxylation sites is 1. The minimum Gasteiger partial charge on any atom is -0.335 e. The molecule has 0 radical (unpaired) electrons. The number of hydrogen-bond donors (Lipinski definition) is 1. The van der Waals surface area contributed by atoms with Gasteiger partial charge in [0.05, 0.1) is 0 Å². The highest BCUT2D eigenvalue weighted by Crippen LogP contribution is 2.46. The zero-order valence-corrected chi connectivity index (χ0v) is 21.6. The summed E-state index contributed by atoms with van der Waals surface area (Å²) in [4.78, 5) is 11.0. The van der Waals surface area contributed by atoms with Gasteiger partial charge in [0.25, 0.3) is 0 Å². The van der Waals surface area contributed by atoms with Gasteiger partial charge in [-0.15, -0.1) is 0 Å². The fraction of sp³-hybridized carbons (Fsp3) is 0.0588. The smallest absolute Gasteiger partial charge is 0.168 e. The van der Waals surface area contributed by atoms with Gasteiger partial charge < -0.3 is 5.32 Å². The van der Waals surface area contributed by atoms with E-state index in [0.717, 1.165) is 38.2 Å². The van der Waals surface area contributed by atoms with Crippen molar-refractivity contribution in [2.24, 2.45) is 9.98 Å². The summed E-state index contributed by atoms with van der Waals surface area (Å²) in [5, 5.41) is 5.31. The maximum Gasteiger partial charge on any atom is 0.168 e. The van der Waals surface area contributed by atoms with Gasteiger partial charge >= 0.3 is 0 Å². The van der Waals surface area contributed by atoms with Gasteiger partial charge in [0.15, 0.2) is 10.7 Å². The molecule has 0 spiro atoms. The third-order valence-corrected chi connectivity index (χ3v) is 7.64. The van der Waals surface area contributed by atoms with Crippen molar-refractivity contribution in [3.8, 4) is 0 Å². The van der Waals surface area contributed by atoms with E-state index in [2.05, 4.69) is 115 Å². The molecule has 0 unspecified atom stereocenters. The molecule has 1 aliphatic heterocycles. The van der Waals surface area contributed by atoms with Crippen molar-refractivity contribution in [2.75, 3.05) is 5.32 Å². The highest BCUT2D eigenvalue weighted by Gasteiger charge is 2.46. The fourth-order valence-corrected chi connectivity index (χ4v) is 5.96. The molecular weight excluding hydrogens is 482 g/mol. The van der Waals surface area contributed by atoms with Crippen molar-refractivity contribution >= 4 is 27.7 Å². The Kier molecular flexibility index (Phi) is 6.88. The Morgan fingerprint density at radius 1 is 0.553 bits per heavy atom. The van der Waals surface area contributed by atoms with Crippen molar-refractivity contribution in [2.45, 2.75) is 11.6 Å². The van der Waals surface area contributed by atoms with Gasteiger partial charge in [-0.25, -0.2) is 4.99 Å². The lowest BCUT2D eigenvalue weighted by Gasteiger charge is -2.29. The zero-order chi connectivity index (χ0) is 25.6. The van der Waals surface area contributed by atoms with Crippen LogP contribution in [0.5, 0.6) is 0 Å². The van der Waals surface area contributed by atoms with Crippen LogP contribution in [0.1, 0.15) is 28.3 Å². The van der Waals surface area contributed by atoms with E-state index in [1.165, 1.54) is 0 Å². The first-order valence-electron chi connectivity index (χ1n) is 12.7. The monoisotopic (exact) mass is 509 g/mol. The molecule has 38 heavy (non-hydrogen) atoms. The Balaban J connectivity index is 1.57.